The average Bonchev–Trinajstić information content (AvgIpc) is 2.88. The summed E-state index contributed by atoms with van der Waals surface area (Å²) in [6, 6.07) is 6.86. The highest BCUT2D eigenvalue weighted by Crippen LogP contribution is 2.39. The van der Waals surface area contributed by atoms with E-state index >= 15 is 0 Å². The molecule has 0 fully saturated rings. The summed E-state index contributed by atoms with van der Waals surface area (Å²) >= 11 is 8.04. The van der Waals surface area contributed by atoms with Crippen molar-refractivity contribution in [2.75, 3.05) is 11.1 Å². The minimum absolute atomic E-state index is 0.315. The Morgan fingerprint density at radius 2 is 2.30 bits per heavy atom. The van der Waals surface area contributed by atoms with Gasteiger partial charge < -0.3 is 5.32 Å². The average molecular weight is 308 g/mol. The van der Waals surface area contributed by atoms with Gasteiger partial charge in [-0.3, -0.25) is 4.68 Å². The quantitative estimate of drug-likeness (QED) is 0.886. The van der Waals surface area contributed by atoms with Crippen molar-refractivity contribution < 1.29 is 0 Å². The number of aromatic nitrogens is 2. The number of hydrogen-bond acceptors (Lipinski definition) is 3. The highest BCUT2D eigenvalue weighted by atomic mass is 35.5. The lowest BCUT2D eigenvalue weighted by Gasteiger charge is -2.26. The Kier molecular flexibility index (Phi) is 3.94. The van der Waals surface area contributed by atoms with Crippen molar-refractivity contribution in [2.45, 2.75) is 37.2 Å². The molecule has 1 aliphatic rings. The smallest absolute Gasteiger partial charge is 0.0731 e. The number of benzene rings is 1. The summed E-state index contributed by atoms with van der Waals surface area (Å²) in [6.45, 7) is 4.26. The first kappa shape index (κ1) is 13.8. The van der Waals surface area contributed by atoms with Crippen LogP contribution >= 0.6 is 23.4 Å². The number of fused-ring (bicyclic) bond motifs is 1. The molecule has 0 spiro atoms. The third kappa shape index (κ3) is 2.81. The Bertz CT molecular complexity index is 609. The number of hydrogen-bond donors (Lipinski definition) is 1. The van der Waals surface area contributed by atoms with Crippen LogP contribution in [0.3, 0.4) is 0 Å². The van der Waals surface area contributed by atoms with Gasteiger partial charge in [-0.2, -0.15) is 5.10 Å². The number of halogens is 1. The fourth-order valence-corrected chi connectivity index (χ4v) is 3.70. The van der Waals surface area contributed by atoms with Crippen LogP contribution in [0.4, 0.5) is 5.69 Å². The van der Waals surface area contributed by atoms with E-state index in [1.54, 1.807) is 0 Å². The third-order valence-electron chi connectivity index (χ3n) is 3.48. The molecule has 1 atom stereocenters. The zero-order valence-electron chi connectivity index (χ0n) is 11.6. The Morgan fingerprint density at radius 1 is 1.45 bits per heavy atom. The molecule has 5 heteroatoms. The van der Waals surface area contributed by atoms with E-state index in [1.165, 1.54) is 10.5 Å². The normalized spacial score (nSPS) is 18.1. The fourth-order valence-electron chi connectivity index (χ4n) is 2.41. The van der Waals surface area contributed by atoms with Crippen LogP contribution in [0.5, 0.6) is 0 Å². The molecule has 0 bridgehead atoms. The van der Waals surface area contributed by atoms with E-state index in [-0.39, 0.29) is 0 Å². The molecule has 1 unspecified atom stereocenters. The highest BCUT2D eigenvalue weighted by molar-refractivity contribution is 7.99. The van der Waals surface area contributed by atoms with Crippen LogP contribution in [-0.2, 0) is 0 Å². The van der Waals surface area contributed by atoms with Gasteiger partial charge in [0.05, 0.1) is 17.9 Å². The molecule has 0 saturated carbocycles. The van der Waals surface area contributed by atoms with E-state index < -0.39 is 0 Å². The van der Waals surface area contributed by atoms with Crippen LogP contribution in [0.1, 0.15) is 37.9 Å². The molecule has 0 saturated heterocycles. The molecule has 0 aliphatic carbocycles. The fraction of sp³-hybridized carbons (Fsp3) is 0.400. The zero-order valence-corrected chi connectivity index (χ0v) is 13.2. The summed E-state index contributed by atoms with van der Waals surface area (Å²) in [5, 5.41) is 8.76. The maximum atomic E-state index is 6.14. The largest absolute Gasteiger partial charge is 0.376 e. The molecule has 1 aliphatic heterocycles. The first-order valence-corrected chi connectivity index (χ1v) is 8.23. The maximum absolute atomic E-state index is 6.14. The summed E-state index contributed by atoms with van der Waals surface area (Å²) in [5.41, 5.74) is 2.37. The van der Waals surface area contributed by atoms with Gasteiger partial charge >= 0.3 is 0 Å². The van der Waals surface area contributed by atoms with E-state index in [0.717, 1.165) is 22.9 Å². The lowest BCUT2D eigenvalue weighted by molar-refractivity contribution is 0.532. The molecule has 20 heavy (non-hydrogen) atoms. The Labute approximate surface area is 128 Å². The predicted molar refractivity (Wildman–Crippen MR) is 85.8 cm³/mol. The molecule has 1 aromatic heterocycles. The van der Waals surface area contributed by atoms with Crippen LogP contribution in [0.2, 0.25) is 5.02 Å². The highest BCUT2D eigenvalue weighted by Gasteiger charge is 2.21. The first-order chi connectivity index (χ1) is 9.63. The molecule has 0 radical (unpaired) electrons. The van der Waals surface area contributed by atoms with Crippen LogP contribution in [0.15, 0.2) is 35.5 Å². The second kappa shape index (κ2) is 5.70. The molecule has 3 nitrogen and oxygen atoms in total. The van der Waals surface area contributed by atoms with Gasteiger partial charge in [0.15, 0.2) is 0 Å². The maximum Gasteiger partial charge on any atom is 0.0731 e. The lowest BCUT2D eigenvalue weighted by atomic mass is 10.0. The SMILES string of the molecule is CC(C)n1cc(NC2CCSc3ccc(Cl)cc32)cn1. The summed E-state index contributed by atoms with van der Waals surface area (Å²) in [5.74, 6) is 1.13. The van der Waals surface area contributed by atoms with E-state index in [4.69, 9.17) is 11.6 Å². The molecule has 1 N–H and O–H groups in total. The molecular weight excluding hydrogens is 290 g/mol. The van der Waals surface area contributed by atoms with Gasteiger partial charge in [-0.25, -0.2) is 0 Å². The van der Waals surface area contributed by atoms with Crippen molar-refractivity contribution in [1.29, 1.82) is 0 Å². The van der Waals surface area contributed by atoms with Gasteiger partial charge in [0.25, 0.3) is 0 Å². The number of rotatable bonds is 3. The number of nitrogens with zero attached hydrogens (tertiary/aromatic N) is 2. The van der Waals surface area contributed by atoms with Crippen LogP contribution < -0.4 is 5.32 Å². The van der Waals surface area contributed by atoms with Crippen LogP contribution in [0, 0.1) is 0 Å². The van der Waals surface area contributed by atoms with Crippen LogP contribution in [0.25, 0.3) is 0 Å². The van der Waals surface area contributed by atoms with Gasteiger partial charge in [-0.1, -0.05) is 11.6 Å². The summed E-state index contributed by atoms with van der Waals surface area (Å²) in [7, 11) is 0. The van der Waals surface area contributed by atoms with Crippen molar-refractivity contribution >= 4 is 29.1 Å². The third-order valence-corrected chi connectivity index (χ3v) is 4.84. The first-order valence-electron chi connectivity index (χ1n) is 6.86. The molecule has 3 rings (SSSR count). The number of anilines is 1. The molecular formula is C15H18ClN3S. The van der Waals surface area contributed by atoms with Crippen molar-refractivity contribution in [1.82, 2.24) is 9.78 Å². The molecule has 2 aromatic rings. The minimum atomic E-state index is 0.315. The summed E-state index contributed by atoms with van der Waals surface area (Å²) in [6.07, 6.45) is 5.06. The standard InChI is InChI=1S/C15H18ClN3S/c1-10(2)19-9-12(8-17-19)18-14-5-6-20-15-4-3-11(16)7-13(14)15/h3-4,7-10,14,18H,5-6H2,1-2H3. The van der Waals surface area contributed by atoms with E-state index in [9.17, 15) is 0 Å². The Hall–Kier alpha value is -1.13. The lowest BCUT2D eigenvalue weighted by Crippen LogP contribution is -2.15. The van der Waals surface area contributed by atoms with E-state index in [0.29, 0.717) is 12.1 Å². The van der Waals surface area contributed by atoms with Crippen LogP contribution in [-0.4, -0.2) is 15.5 Å². The zero-order chi connectivity index (χ0) is 14.1. The number of nitrogens with one attached hydrogen (secondary N) is 1. The van der Waals surface area contributed by atoms with Crippen molar-refractivity contribution in [3.8, 4) is 0 Å². The van der Waals surface area contributed by atoms with Crippen molar-refractivity contribution in [3.05, 3.63) is 41.2 Å². The Balaban J connectivity index is 1.83. The Morgan fingerprint density at radius 3 is 3.05 bits per heavy atom. The predicted octanol–water partition coefficient (Wildman–Crippen LogP) is 4.77. The molecule has 0 amide bonds. The van der Waals surface area contributed by atoms with Gasteiger partial charge in [0.2, 0.25) is 0 Å². The van der Waals surface area contributed by atoms with E-state index in [1.807, 2.05) is 28.7 Å². The van der Waals surface area contributed by atoms with Gasteiger partial charge in [-0.15, -0.1) is 11.8 Å². The van der Waals surface area contributed by atoms with Crippen molar-refractivity contribution in [2.24, 2.45) is 0 Å². The monoisotopic (exact) mass is 307 g/mol. The topological polar surface area (TPSA) is 29.9 Å². The van der Waals surface area contributed by atoms with Gasteiger partial charge in [-0.05, 0) is 44.0 Å². The molecule has 1 aromatic carbocycles. The summed E-state index contributed by atoms with van der Waals surface area (Å²) < 4.78 is 1.97. The van der Waals surface area contributed by atoms with E-state index in [2.05, 4.69) is 42.6 Å². The number of thioether (sulfide) groups is 1. The van der Waals surface area contributed by atoms with Crippen molar-refractivity contribution in [3.63, 3.8) is 0 Å². The molecule has 2 heterocycles. The second-order valence-corrected chi connectivity index (χ2v) is 6.89. The van der Waals surface area contributed by atoms with Gasteiger partial charge in [0, 0.05) is 27.9 Å². The van der Waals surface area contributed by atoms with Gasteiger partial charge in [0.1, 0.15) is 0 Å². The minimum Gasteiger partial charge on any atom is -0.376 e. The second-order valence-electron chi connectivity index (χ2n) is 5.32. The molecule has 106 valence electrons. The summed E-state index contributed by atoms with van der Waals surface area (Å²) in [4.78, 5) is 1.33.